The van der Waals surface area contributed by atoms with Crippen molar-refractivity contribution < 1.29 is 0 Å². The van der Waals surface area contributed by atoms with Crippen LogP contribution in [0.3, 0.4) is 0 Å². The van der Waals surface area contributed by atoms with Gasteiger partial charge in [0, 0.05) is 37.7 Å². The summed E-state index contributed by atoms with van der Waals surface area (Å²) in [5.74, 6) is 0. The van der Waals surface area contributed by atoms with Crippen LogP contribution in [0, 0.1) is 0 Å². The van der Waals surface area contributed by atoms with Crippen LogP contribution < -0.4 is 4.90 Å². The zero-order valence-electron chi connectivity index (χ0n) is 35.4. The molecule has 9 aromatic carbocycles. The Balaban J connectivity index is 0.989. The first-order valence-electron chi connectivity index (χ1n) is 21.8. The Morgan fingerprint density at radius 3 is 1.61 bits per heavy atom. The Hall–Kier alpha value is -7.00. The van der Waals surface area contributed by atoms with Gasteiger partial charge in [-0.1, -0.05) is 179 Å². The van der Waals surface area contributed by atoms with Crippen LogP contribution in [0.4, 0.5) is 17.1 Å². The SMILES string of the molecule is CC1(C)c2cc(N(c3ccc(-c4ccc(-c5ccccc5)cc4)cc3)c3cccc4c3sc3ccccc34)ccc2-c2cc3c(cc21)-c1c(-c2ccccc2)cccc1C3(C)C. The zero-order valence-corrected chi connectivity index (χ0v) is 36.2. The average Bonchev–Trinajstić information content (AvgIpc) is 3.89. The summed E-state index contributed by atoms with van der Waals surface area (Å²) in [6.45, 7) is 9.65. The topological polar surface area (TPSA) is 3.24 Å². The highest BCUT2D eigenvalue weighted by molar-refractivity contribution is 7.26. The largest absolute Gasteiger partial charge is 0.309 e. The Bertz CT molecular complexity index is 3370. The Morgan fingerprint density at radius 1 is 0.355 bits per heavy atom. The maximum absolute atomic E-state index is 2.55. The lowest BCUT2D eigenvalue weighted by Gasteiger charge is -2.28. The number of hydrogen-bond acceptors (Lipinski definition) is 2. The molecule has 0 aliphatic heterocycles. The minimum Gasteiger partial charge on any atom is -0.309 e. The van der Waals surface area contributed by atoms with Crippen molar-refractivity contribution in [3.8, 4) is 55.6 Å². The molecule has 0 atom stereocenters. The van der Waals surface area contributed by atoms with Crippen molar-refractivity contribution in [1.82, 2.24) is 0 Å². The number of hydrogen-bond donors (Lipinski definition) is 0. The lowest BCUT2D eigenvalue weighted by Crippen LogP contribution is -2.17. The van der Waals surface area contributed by atoms with Gasteiger partial charge in [-0.2, -0.15) is 0 Å². The first-order chi connectivity index (χ1) is 30.3. The van der Waals surface area contributed by atoms with Crippen LogP contribution in [0.25, 0.3) is 75.8 Å². The van der Waals surface area contributed by atoms with Crippen molar-refractivity contribution in [2.75, 3.05) is 4.90 Å². The second-order valence-electron chi connectivity index (χ2n) is 18.1. The average molecular weight is 812 g/mol. The molecule has 1 aromatic heterocycles. The summed E-state index contributed by atoms with van der Waals surface area (Å²) in [6, 6.07) is 74.4. The van der Waals surface area contributed by atoms with Gasteiger partial charge >= 0.3 is 0 Å². The first kappa shape index (κ1) is 36.8. The van der Waals surface area contributed by atoms with Crippen LogP contribution in [0.15, 0.2) is 200 Å². The molecule has 0 fully saturated rings. The molecule has 2 aliphatic carbocycles. The van der Waals surface area contributed by atoms with Gasteiger partial charge in [-0.25, -0.2) is 0 Å². The minimum atomic E-state index is -0.213. The van der Waals surface area contributed by atoms with Crippen molar-refractivity contribution >= 4 is 48.6 Å². The predicted octanol–water partition coefficient (Wildman–Crippen LogP) is 17.1. The molecule has 10 aromatic rings. The molecule has 0 radical (unpaired) electrons. The van der Waals surface area contributed by atoms with Gasteiger partial charge in [0.15, 0.2) is 0 Å². The molecule has 62 heavy (non-hydrogen) atoms. The maximum atomic E-state index is 2.55. The van der Waals surface area contributed by atoms with E-state index in [9.17, 15) is 0 Å². The van der Waals surface area contributed by atoms with Crippen LogP contribution in [-0.4, -0.2) is 0 Å². The normalized spacial score (nSPS) is 14.1. The van der Waals surface area contributed by atoms with E-state index in [2.05, 4.69) is 233 Å². The molecule has 12 rings (SSSR count). The van der Waals surface area contributed by atoms with Gasteiger partial charge < -0.3 is 4.90 Å². The summed E-state index contributed by atoms with van der Waals surface area (Å²) in [4.78, 5) is 2.49. The predicted molar refractivity (Wildman–Crippen MR) is 265 cm³/mol. The quantitative estimate of drug-likeness (QED) is 0.162. The van der Waals surface area contributed by atoms with E-state index in [-0.39, 0.29) is 10.8 Å². The number of rotatable bonds is 6. The van der Waals surface area contributed by atoms with Crippen molar-refractivity contribution in [2.24, 2.45) is 0 Å². The van der Waals surface area contributed by atoms with Gasteiger partial charge in [0.25, 0.3) is 0 Å². The summed E-state index contributed by atoms with van der Waals surface area (Å²) < 4.78 is 2.60. The van der Waals surface area contributed by atoms with E-state index < -0.39 is 0 Å². The molecule has 0 N–H and O–H groups in total. The number of anilines is 3. The molecule has 296 valence electrons. The molecule has 0 bridgehead atoms. The summed E-state index contributed by atoms with van der Waals surface area (Å²) in [6.07, 6.45) is 0. The van der Waals surface area contributed by atoms with Crippen LogP contribution >= 0.6 is 11.3 Å². The smallest absolute Gasteiger partial charge is 0.0640 e. The lowest BCUT2D eigenvalue weighted by molar-refractivity contribution is 0.652. The van der Waals surface area contributed by atoms with Gasteiger partial charge in [0.2, 0.25) is 0 Å². The van der Waals surface area contributed by atoms with E-state index in [1.807, 2.05) is 11.3 Å². The fourth-order valence-corrected chi connectivity index (χ4v) is 11.8. The molecule has 0 spiro atoms. The van der Waals surface area contributed by atoms with Gasteiger partial charge in [0.1, 0.15) is 0 Å². The Kier molecular flexibility index (Phi) is 8.17. The van der Waals surface area contributed by atoms with E-state index in [1.165, 1.54) is 109 Å². The zero-order chi connectivity index (χ0) is 41.7. The van der Waals surface area contributed by atoms with Gasteiger partial charge in [-0.05, 0) is 126 Å². The molecule has 1 nitrogen and oxygen atoms in total. The fourth-order valence-electron chi connectivity index (χ4n) is 10.6. The second-order valence-corrected chi connectivity index (χ2v) is 19.1. The van der Waals surface area contributed by atoms with Crippen molar-refractivity contribution in [3.05, 3.63) is 222 Å². The maximum Gasteiger partial charge on any atom is 0.0640 e. The van der Waals surface area contributed by atoms with Crippen LogP contribution in [0.5, 0.6) is 0 Å². The summed E-state index contributed by atoms with van der Waals surface area (Å²) in [5, 5.41) is 2.60. The summed E-state index contributed by atoms with van der Waals surface area (Å²) in [5.41, 5.74) is 21.7. The molecule has 2 heteroatoms. The summed E-state index contributed by atoms with van der Waals surface area (Å²) in [7, 11) is 0. The molecular weight excluding hydrogens is 767 g/mol. The van der Waals surface area contributed by atoms with E-state index in [0.29, 0.717) is 0 Å². The third kappa shape index (κ3) is 5.53. The van der Waals surface area contributed by atoms with E-state index in [4.69, 9.17) is 0 Å². The van der Waals surface area contributed by atoms with Gasteiger partial charge in [-0.3, -0.25) is 0 Å². The highest BCUT2D eigenvalue weighted by Gasteiger charge is 2.42. The van der Waals surface area contributed by atoms with Crippen molar-refractivity contribution in [2.45, 2.75) is 38.5 Å². The first-order valence-corrected chi connectivity index (χ1v) is 22.6. The van der Waals surface area contributed by atoms with E-state index >= 15 is 0 Å². The standard InChI is InChI=1S/C60H45NS/c1-59(2)51-22-13-20-45(42-17-9-6-10-18-42)57(51)50-37-53-49(36-54(50)59)46-34-33-44(35-52(46)60(53,3)4)61(55-23-14-21-48-47-19-11-12-24-56(47)62-58(48)55)43-31-29-41(30-32-43)40-27-25-39(26-28-40)38-15-7-5-8-16-38/h5-37H,1-4H3. The second kappa shape index (κ2) is 13.8. The molecule has 1 heterocycles. The number of nitrogens with zero attached hydrogens (tertiary/aromatic N) is 1. The van der Waals surface area contributed by atoms with E-state index in [0.717, 1.165) is 5.69 Å². The van der Waals surface area contributed by atoms with Crippen molar-refractivity contribution in [3.63, 3.8) is 0 Å². The Morgan fingerprint density at radius 2 is 0.887 bits per heavy atom. The van der Waals surface area contributed by atoms with Crippen LogP contribution in [-0.2, 0) is 10.8 Å². The molecule has 0 saturated carbocycles. The van der Waals surface area contributed by atoms with Crippen LogP contribution in [0.1, 0.15) is 49.9 Å². The number of benzene rings is 9. The monoisotopic (exact) mass is 811 g/mol. The summed E-state index contributed by atoms with van der Waals surface area (Å²) >= 11 is 1.88. The molecule has 0 amide bonds. The number of fused-ring (bicyclic) bond motifs is 9. The Labute approximate surface area is 368 Å². The molecule has 0 unspecified atom stereocenters. The van der Waals surface area contributed by atoms with Gasteiger partial charge in [-0.15, -0.1) is 11.3 Å². The lowest BCUT2D eigenvalue weighted by atomic mass is 9.79. The highest BCUT2D eigenvalue weighted by atomic mass is 32.1. The third-order valence-electron chi connectivity index (χ3n) is 13.9. The van der Waals surface area contributed by atoms with Crippen molar-refractivity contribution in [1.29, 1.82) is 0 Å². The number of thiophene rings is 1. The highest BCUT2D eigenvalue weighted by Crippen LogP contribution is 2.58. The molecule has 0 saturated heterocycles. The molecular formula is C60H45NS. The third-order valence-corrected chi connectivity index (χ3v) is 15.1. The van der Waals surface area contributed by atoms with E-state index in [1.54, 1.807) is 0 Å². The van der Waals surface area contributed by atoms with Crippen LogP contribution in [0.2, 0.25) is 0 Å². The fraction of sp³-hybridized carbons (Fsp3) is 0.100. The van der Waals surface area contributed by atoms with Gasteiger partial charge in [0.05, 0.1) is 10.4 Å². The minimum absolute atomic E-state index is 0.118. The molecule has 2 aliphatic rings.